The Hall–Kier alpha value is -1.70. The molecule has 1 aliphatic rings. The van der Waals surface area contributed by atoms with Crippen molar-refractivity contribution in [3.63, 3.8) is 0 Å². The molecule has 2 amide bonds. The van der Waals surface area contributed by atoms with Gasteiger partial charge in [-0.1, -0.05) is 12.1 Å². The van der Waals surface area contributed by atoms with Crippen molar-refractivity contribution in [2.24, 2.45) is 5.92 Å². The third-order valence-electron chi connectivity index (χ3n) is 4.32. The molecule has 0 saturated carbocycles. The molecule has 1 heterocycles. The first kappa shape index (κ1) is 20.6. The zero-order chi connectivity index (χ0) is 19.2. The summed E-state index contributed by atoms with van der Waals surface area (Å²) in [4.78, 5) is 25.8. The molecule has 1 saturated heterocycles. The Morgan fingerprint density at radius 2 is 2.15 bits per heavy atom. The van der Waals surface area contributed by atoms with Gasteiger partial charge in [0.25, 0.3) is 0 Å². The minimum Gasteiger partial charge on any atom is -0.356 e. The molecule has 1 aromatic carbocycles. The molecule has 0 radical (unpaired) electrons. The third-order valence-corrected chi connectivity index (χ3v) is 5.02. The minimum atomic E-state index is -4.42. The largest absolute Gasteiger partial charge is 0.416 e. The van der Waals surface area contributed by atoms with Gasteiger partial charge in [0.05, 0.1) is 11.5 Å². The Labute approximate surface area is 155 Å². The molecule has 26 heavy (non-hydrogen) atoms. The molecular weight excluding hydrogens is 365 g/mol. The van der Waals surface area contributed by atoms with Crippen LogP contribution in [0.5, 0.6) is 0 Å². The maximum atomic E-state index is 12.8. The van der Waals surface area contributed by atoms with E-state index in [0.29, 0.717) is 18.5 Å². The number of hydrogen-bond donors (Lipinski definition) is 1. The average Bonchev–Trinajstić information content (AvgIpc) is 2.60. The predicted octanol–water partition coefficient (Wildman–Crippen LogP) is 3.31. The highest BCUT2D eigenvalue weighted by atomic mass is 32.2. The van der Waals surface area contributed by atoms with Crippen molar-refractivity contribution in [3.8, 4) is 0 Å². The van der Waals surface area contributed by atoms with E-state index in [2.05, 4.69) is 5.32 Å². The van der Waals surface area contributed by atoms with Crippen LogP contribution < -0.4 is 5.32 Å². The Morgan fingerprint density at radius 3 is 2.85 bits per heavy atom. The lowest BCUT2D eigenvalue weighted by atomic mass is 9.96. The van der Waals surface area contributed by atoms with Crippen LogP contribution in [0.15, 0.2) is 24.3 Å². The van der Waals surface area contributed by atoms with Crippen LogP contribution in [-0.4, -0.2) is 41.8 Å². The first-order valence-electron chi connectivity index (χ1n) is 8.52. The van der Waals surface area contributed by atoms with Gasteiger partial charge in [0.1, 0.15) is 0 Å². The summed E-state index contributed by atoms with van der Waals surface area (Å²) >= 11 is 1.71. The van der Waals surface area contributed by atoms with E-state index in [1.807, 2.05) is 6.26 Å². The van der Waals surface area contributed by atoms with Crippen LogP contribution in [0.25, 0.3) is 0 Å². The number of halogens is 3. The standard InChI is InChI=1S/C18H23F3N2O2S/c1-26-9-3-8-22-17(25)14-6-7-16(24)23(12-14)11-13-4-2-5-15(10-13)18(19,20)21/h2,4-5,10,14H,3,6-9,11-12H2,1H3,(H,22,25)/t14-/m0/s1. The Balaban J connectivity index is 1.96. The molecule has 2 rings (SSSR count). The number of alkyl halides is 3. The van der Waals surface area contributed by atoms with E-state index < -0.39 is 11.7 Å². The smallest absolute Gasteiger partial charge is 0.356 e. The normalized spacial score (nSPS) is 18.1. The topological polar surface area (TPSA) is 49.4 Å². The van der Waals surface area contributed by atoms with Crippen molar-refractivity contribution in [1.29, 1.82) is 0 Å². The van der Waals surface area contributed by atoms with E-state index in [9.17, 15) is 22.8 Å². The van der Waals surface area contributed by atoms with Crippen molar-refractivity contribution in [3.05, 3.63) is 35.4 Å². The monoisotopic (exact) mass is 388 g/mol. The van der Waals surface area contributed by atoms with Crippen molar-refractivity contribution >= 4 is 23.6 Å². The number of rotatable bonds is 7. The van der Waals surface area contributed by atoms with Gasteiger partial charge in [0.15, 0.2) is 0 Å². The van der Waals surface area contributed by atoms with Crippen molar-refractivity contribution in [1.82, 2.24) is 10.2 Å². The lowest BCUT2D eigenvalue weighted by Crippen LogP contribution is -2.45. The van der Waals surface area contributed by atoms with Gasteiger partial charge in [-0.25, -0.2) is 0 Å². The molecule has 1 aliphatic heterocycles. The molecular formula is C18H23F3N2O2S. The third kappa shape index (κ3) is 5.93. The summed E-state index contributed by atoms with van der Waals surface area (Å²) in [5.74, 6) is 0.430. The maximum Gasteiger partial charge on any atom is 0.416 e. The van der Waals surface area contributed by atoms with Gasteiger partial charge in [-0.15, -0.1) is 0 Å². The number of amides is 2. The summed E-state index contributed by atoms with van der Waals surface area (Å²) < 4.78 is 38.5. The Kier molecular flexibility index (Phi) is 7.37. The number of piperidine rings is 1. The lowest BCUT2D eigenvalue weighted by molar-refractivity contribution is -0.139. The highest BCUT2D eigenvalue weighted by molar-refractivity contribution is 7.98. The molecule has 1 fully saturated rings. The number of nitrogens with one attached hydrogen (secondary N) is 1. The molecule has 8 heteroatoms. The van der Waals surface area contributed by atoms with Crippen LogP contribution >= 0.6 is 11.8 Å². The fraction of sp³-hybridized carbons (Fsp3) is 0.556. The van der Waals surface area contributed by atoms with E-state index in [1.165, 1.54) is 11.0 Å². The van der Waals surface area contributed by atoms with Crippen LogP contribution in [-0.2, 0) is 22.3 Å². The second-order valence-electron chi connectivity index (χ2n) is 6.35. The van der Waals surface area contributed by atoms with Gasteiger partial charge >= 0.3 is 6.18 Å². The summed E-state index contributed by atoms with van der Waals surface area (Å²) in [6, 6.07) is 4.96. The van der Waals surface area contributed by atoms with Crippen LogP contribution in [0.3, 0.4) is 0 Å². The fourth-order valence-corrected chi connectivity index (χ4v) is 3.35. The highest BCUT2D eigenvalue weighted by Crippen LogP contribution is 2.30. The van der Waals surface area contributed by atoms with E-state index in [0.717, 1.165) is 24.3 Å². The number of nitrogens with zero attached hydrogens (tertiary/aromatic N) is 1. The number of benzene rings is 1. The predicted molar refractivity (Wildman–Crippen MR) is 95.6 cm³/mol. The number of hydrogen-bond acceptors (Lipinski definition) is 3. The van der Waals surface area contributed by atoms with Crippen LogP contribution in [0.4, 0.5) is 13.2 Å². The van der Waals surface area contributed by atoms with Gasteiger partial charge in [0, 0.05) is 26.1 Å². The van der Waals surface area contributed by atoms with Gasteiger partial charge in [-0.3, -0.25) is 9.59 Å². The maximum absolute atomic E-state index is 12.8. The van der Waals surface area contributed by atoms with Crippen LogP contribution in [0, 0.1) is 5.92 Å². The van der Waals surface area contributed by atoms with Crippen molar-refractivity contribution in [2.75, 3.05) is 25.1 Å². The lowest BCUT2D eigenvalue weighted by Gasteiger charge is -2.32. The molecule has 0 aliphatic carbocycles. The fourth-order valence-electron chi connectivity index (χ4n) is 2.92. The van der Waals surface area contributed by atoms with Gasteiger partial charge < -0.3 is 10.2 Å². The summed E-state index contributed by atoms with van der Waals surface area (Å²) in [5, 5.41) is 2.88. The number of thioether (sulfide) groups is 1. The summed E-state index contributed by atoms with van der Waals surface area (Å²) in [6.45, 7) is 0.917. The van der Waals surface area contributed by atoms with E-state index in [1.54, 1.807) is 17.8 Å². The summed E-state index contributed by atoms with van der Waals surface area (Å²) in [7, 11) is 0. The molecule has 1 aromatic rings. The zero-order valence-corrected chi connectivity index (χ0v) is 15.5. The highest BCUT2D eigenvalue weighted by Gasteiger charge is 2.32. The molecule has 0 unspecified atom stereocenters. The summed E-state index contributed by atoms with van der Waals surface area (Å²) in [5.41, 5.74) is -0.322. The zero-order valence-electron chi connectivity index (χ0n) is 14.6. The molecule has 0 bridgehead atoms. The van der Waals surface area contributed by atoms with Crippen LogP contribution in [0.1, 0.15) is 30.4 Å². The van der Waals surface area contributed by atoms with Crippen LogP contribution in [0.2, 0.25) is 0 Å². The van der Waals surface area contributed by atoms with Crippen molar-refractivity contribution in [2.45, 2.75) is 32.0 Å². The Bertz CT molecular complexity index is 637. The minimum absolute atomic E-state index is 0.0823. The van der Waals surface area contributed by atoms with E-state index in [4.69, 9.17) is 0 Å². The first-order chi connectivity index (χ1) is 12.3. The molecule has 1 atom stereocenters. The molecule has 4 nitrogen and oxygen atoms in total. The van der Waals surface area contributed by atoms with Crippen molar-refractivity contribution < 1.29 is 22.8 Å². The summed E-state index contributed by atoms with van der Waals surface area (Å²) in [6.07, 6.45) is -0.817. The molecule has 0 spiro atoms. The van der Waals surface area contributed by atoms with E-state index >= 15 is 0 Å². The van der Waals surface area contributed by atoms with Gasteiger partial charge in [0.2, 0.25) is 11.8 Å². The van der Waals surface area contributed by atoms with Gasteiger partial charge in [-0.05, 0) is 42.5 Å². The second kappa shape index (κ2) is 9.30. The SMILES string of the molecule is CSCCCNC(=O)[C@H]1CCC(=O)N(Cc2cccc(C(F)(F)F)c2)C1. The van der Waals surface area contributed by atoms with E-state index in [-0.39, 0.29) is 37.2 Å². The molecule has 1 N–H and O–H groups in total. The molecule has 144 valence electrons. The number of carbonyl (C=O) groups is 2. The quantitative estimate of drug-likeness (QED) is 0.729. The number of carbonyl (C=O) groups excluding carboxylic acids is 2. The second-order valence-corrected chi connectivity index (χ2v) is 7.33. The molecule has 0 aromatic heterocycles. The number of likely N-dealkylation sites (tertiary alicyclic amines) is 1. The Morgan fingerprint density at radius 1 is 1.38 bits per heavy atom. The first-order valence-corrected chi connectivity index (χ1v) is 9.91. The average molecular weight is 388 g/mol. The van der Waals surface area contributed by atoms with Gasteiger partial charge in [-0.2, -0.15) is 24.9 Å².